The summed E-state index contributed by atoms with van der Waals surface area (Å²) in [5.74, 6) is 0.566. The van der Waals surface area contributed by atoms with Gasteiger partial charge in [0.2, 0.25) is 0 Å². The third kappa shape index (κ3) is 1.76. The molecule has 2 rings (SSSR count). The molecule has 2 aromatic rings. The molecule has 0 aliphatic rings. The summed E-state index contributed by atoms with van der Waals surface area (Å²) in [6.07, 6.45) is 2.57. The van der Waals surface area contributed by atoms with Gasteiger partial charge in [-0.1, -0.05) is 25.1 Å². The highest BCUT2D eigenvalue weighted by atomic mass is 16.3. The van der Waals surface area contributed by atoms with E-state index in [2.05, 4.69) is 23.2 Å². The number of aromatic nitrogens is 3. The number of hydrogen-bond donors (Lipinski definition) is 1. The van der Waals surface area contributed by atoms with Crippen molar-refractivity contribution in [3.05, 3.63) is 42.0 Å². The minimum absolute atomic E-state index is 0.0992. The van der Waals surface area contributed by atoms with E-state index in [0.717, 1.165) is 12.1 Å². The molecule has 0 aliphatic heterocycles. The van der Waals surface area contributed by atoms with Gasteiger partial charge in [-0.25, -0.2) is 0 Å². The number of aliphatic hydroxyl groups is 1. The lowest BCUT2D eigenvalue weighted by Crippen LogP contribution is -2.03. The van der Waals surface area contributed by atoms with E-state index in [1.807, 2.05) is 22.8 Å². The van der Waals surface area contributed by atoms with Gasteiger partial charge in [0.15, 0.2) is 5.82 Å². The number of benzene rings is 1. The number of hydrogen-bond acceptors (Lipinski definition) is 3. The molecule has 15 heavy (non-hydrogen) atoms. The highest BCUT2D eigenvalue weighted by molar-refractivity contribution is 5.41. The van der Waals surface area contributed by atoms with Crippen molar-refractivity contribution < 1.29 is 5.11 Å². The Morgan fingerprint density at radius 1 is 1.33 bits per heavy atom. The summed E-state index contributed by atoms with van der Waals surface area (Å²) in [6, 6.07) is 8.04. The fraction of sp³-hybridized carbons (Fsp3) is 0.273. The molecule has 1 N–H and O–H groups in total. The maximum absolute atomic E-state index is 9.11. The minimum atomic E-state index is -0.0992. The molecule has 0 fully saturated rings. The van der Waals surface area contributed by atoms with Crippen LogP contribution in [0.4, 0.5) is 0 Å². The van der Waals surface area contributed by atoms with Crippen LogP contribution >= 0.6 is 0 Å². The van der Waals surface area contributed by atoms with Crippen LogP contribution in [0.15, 0.2) is 30.6 Å². The second-order valence-electron chi connectivity index (χ2n) is 3.26. The van der Waals surface area contributed by atoms with Crippen LogP contribution in [-0.4, -0.2) is 19.9 Å². The van der Waals surface area contributed by atoms with Gasteiger partial charge in [0.05, 0.1) is 5.69 Å². The van der Waals surface area contributed by atoms with Crippen LogP contribution in [0.1, 0.15) is 18.3 Å². The first kappa shape index (κ1) is 9.86. The van der Waals surface area contributed by atoms with Crippen LogP contribution in [0, 0.1) is 0 Å². The van der Waals surface area contributed by atoms with E-state index in [4.69, 9.17) is 5.11 Å². The molecule has 0 saturated heterocycles. The topological polar surface area (TPSA) is 50.9 Å². The summed E-state index contributed by atoms with van der Waals surface area (Å²) in [5.41, 5.74) is 2.25. The minimum Gasteiger partial charge on any atom is -0.388 e. The van der Waals surface area contributed by atoms with Crippen molar-refractivity contribution in [2.45, 2.75) is 20.0 Å². The zero-order valence-electron chi connectivity index (χ0n) is 8.59. The molecular weight excluding hydrogens is 190 g/mol. The molecule has 0 bridgehead atoms. The molecular formula is C11H13N3O. The van der Waals surface area contributed by atoms with Crippen molar-refractivity contribution in [2.24, 2.45) is 0 Å². The smallest absolute Gasteiger partial charge is 0.163 e. The predicted molar refractivity (Wildman–Crippen MR) is 56.7 cm³/mol. The van der Waals surface area contributed by atoms with E-state index >= 15 is 0 Å². The van der Waals surface area contributed by atoms with E-state index in [-0.39, 0.29) is 6.61 Å². The molecule has 0 spiro atoms. The van der Waals surface area contributed by atoms with Gasteiger partial charge in [0.25, 0.3) is 0 Å². The maximum atomic E-state index is 9.11. The van der Waals surface area contributed by atoms with Crippen molar-refractivity contribution in [3.8, 4) is 5.69 Å². The second kappa shape index (κ2) is 4.23. The Hall–Kier alpha value is -1.68. The Bertz CT molecular complexity index is 451. The van der Waals surface area contributed by atoms with Crippen LogP contribution in [-0.2, 0) is 13.0 Å². The Labute approximate surface area is 88.2 Å². The van der Waals surface area contributed by atoms with Crippen molar-refractivity contribution in [3.63, 3.8) is 0 Å². The summed E-state index contributed by atoms with van der Waals surface area (Å²) in [6.45, 7) is 2.00. The highest BCUT2D eigenvalue weighted by Gasteiger charge is 2.07. The molecule has 4 nitrogen and oxygen atoms in total. The summed E-state index contributed by atoms with van der Waals surface area (Å²) < 4.78 is 1.82. The fourth-order valence-electron chi connectivity index (χ4n) is 1.61. The molecule has 1 aromatic heterocycles. The molecule has 1 aromatic carbocycles. The van der Waals surface area contributed by atoms with Crippen LogP contribution in [0.2, 0.25) is 0 Å². The van der Waals surface area contributed by atoms with Crippen LogP contribution in [0.3, 0.4) is 0 Å². The molecule has 0 radical (unpaired) electrons. The highest BCUT2D eigenvalue weighted by Crippen LogP contribution is 2.15. The molecule has 0 atom stereocenters. The SMILES string of the molecule is CCc1ccccc1-n1cnnc1CO. The molecule has 4 heteroatoms. The van der Waals surface area contributed by atoms with Crippen LogP contribution in [0.25, 0.3) is 5.69 Å². The van der Waals surface area contributed by atoms with Crippen molar-refractivity contribution in [2.75, 3.05) is 0 Å². The molecule has 0 unspecified atom stereocenters. The van der Waals surface area contributed by atoms with Gasteiger partial charge in [-0.15, -0.1) is 10.2 Å². The Kier molecular flexibility index (Phi) is 2.78. The summed E-state index contributed by atoms with van der Waals surface area (Å²) >= 11 is 0. The zero-order chi connectivity index (χ0) is 10.7. The summed E-state index contributed by atoms with van der Waals surface area (Å²) in [4.78, 5) is 0. The molecule has 1 heterocycles. The van der Waals surface area contributed by atoms with Crippen molar-refractivity contribution in [1.29, 1.82) is 0 Å². The lowest BCUT2D eigenvalue weighted by atomic mass is 10.1. The van der Waals surface area contributed by atoms with Gasteiger partial charge < -0.3 is 5.11 Å². The quantitative estimate of drug-likeness (QED) is 0.818. The third-order valence-corrected chi connectivity index (χ3v) is 2.39. The fourth-order valence-corrected chi connectivity index (χ4v) is 1.61. The van der Waals surface area contributed by atoms with Gasteiger partial charge in [-0.2, -0.15) is 0 Å². The predicted octanol–water partition coefficient (Wildman–Crippen LogP) is 1.32. The lowest BCUT2D eigenvalue weighted by molar-refractivity contribution is 0.269. The summed E-state index contributed by atoms with van der Waals surface area (Å²) in [5, 5.41) is 16.8. The number of nitrogens with zero attached hydrogens (tertiary/aromatic N) is 3. The number of para-hydroxylation sites is 1. The van der Waals surface area contributed by atoms with Gasteiger partial charge in [-0.3, -0.25) is 4.57 Å². The summed E-state index contributed by atoms with van der Waals surface area (Å²) in [7, 11) is 0. The largest absolute Gasteiger partial charge is 0.388 e. The van der Waals surface area contributed by atoms with Gasteiger partial charge >= 0.3 is 0 Å². The van der Waals surface area contributed by atoms with Gasteiger partial charge in [-0.05, 0) is 18.1 Å². The van der Waals surface area contributed by atoms with Crippen LogP contribution in [0.5, 0.6) is 0 Å². The van der Waals surface area contributed by atoms with E-state index in [1.54, 1.807) is 6.33 Å². The van der Waals surface area contributed by atoms with Crippen molar-refractivity contribution in [1.82, 2.24) is 14.8 Å². The normalized spacial score (nSPS) is 10.5. The Morgan fingerprint density at radius 2 is 2.13 bits per heavy atom. The number of aliphatic hydroxyl groups excluding tert-OH is 1. The average Bonchev–Trinajstić information content (AvgIpc) is 2.76. The second-order valence-corrected chi connectivity index (χ2v) is 3.26. The monoisotopic (exact) mass is 203 g/mol. The first-order chi connectivity index (χ1) is 7.36. The molecule has 0 amide bonds. The lowest BCUT2D eigenvalue weighted by Gasteiger charge is -2.09. The van der Waals surface area contributed by atoms with E-state index in [0.29, 0.717) is 5.82 Å². The van der Waals surface area contributed by atoms with E-state index < -0.39 is 0 Å². The average molecular weight is 203 g/mol. The standard InChI is InChI=1S/C11H13N3O/c1-2-9-5-3-4-6-10(9)14-8-12-13-11(14)7-15/h3-6,8,15H,2,7H2,1H3. The van der Waals surface area contributed by atoms with E-state index in [1.165, 1.54) is 5.56 Å². The van der Waals surface area contributed by atoms with Gasteiger partial charge in [0, 0.05) is 0 Å². The van der Waals surface area contributed by atoms with E-state index in [9.17, 15) is 0 Å². The third-order valence-electron chi connectivity index (χ3n) is 2.39. The molecule has 0 saturated carbocycles. The Balaban J connectivity index is 2.53. The Morgan fingerprint density at radius 3 is 2.87 bits per heavy atom. The maximum Gasteiger partial charge on any atom is 0.163 e. The van der Waals surface area contributed by atoms with Gasteiger partial charge in [0.1, 0.15) is 12.9 Å². The first-order valence-corrected chi connectivity index (χ1v) is 4.95. The molecule has 0 aliphatic carbocycles. The molecule has 78 valence electrons. The van der Waals surface area contributed by atoms with Crippen molar-refractivity contribution >= 4 is 0 Å². The van der Waals surface area contributed by atoms with Crippen LogP contribution < -0.4 is 0 Å². The number of aryl methyl sites for hydroxylation is 1. The number of rotatable bonds is 3. The first-order valence-electron chi connectivity index (χ1n) is 4.95. The zero-order valence-corrected chi connectivity index (χ0v) is 8.59.